The molecule has 4 heterocycles. The zero-order valence-electron chi connectivity index (χ0n) is 38.2. The number of aliphatic hydroxyl groups is 1. The third kappa shape index (κ3) is 12.1. The summed E-state index contributed by atoms with van der Waals surface area (Å²) >= 11 is 7.78. The van der Waals surface area contributed by atoms with Gasteiger partial charge in [-0.2, -0.15) is 10.4 Å². The Morgan fingerprint density at radius 2 is 1.76 bits per heavy atom. The normalized spacial score (nSPS) is 16.0. The summed E-state index contributed by atoms with van der Waals surface area (Å²) in [5.74, 6) is -1.14. The van der Waals surface area contributed by atoms with Crippen molar-refractivity contribution in [3.8, 4) is 33.5 Å². The number of nitriles is 1. The van der Waals surface area contributed by atoms with Crippen molar-refractivity contribution in [1.82, 2.24) is 35.5 Å². The summed E-state index contributed by atoms with van der Waals surface area (Å²) in [7, 11) is 0. The number of thiazole rings is 1. The highest BCUT2D eigenvalue weighted by Crippen LogP contribution is 2.36. The maximum atomic E-state index is 14.3. The molecule has 350 valence electrons. The predicted octanol–water partition coefficient (Wildman–Crippen LogP) is 8.55. The van der Waals surface area contributed by atoms with Crippen molar-refractivity contribution in [2.45, 2.75) is 97.0 Å². The maximum absolute atomic E-state index is 14.3. The van der Waals surface area contributed by atoms with Crippen LogP contribution >= 0.6 is 22.9 Å². The van der Waals surface area contributed by atoms with E-state index in [0.717, 1.165) is 64.4 Å². The van der Waals surface area contributed by atoms with Crippen LogP contribution in [0.15, 0.2) is 95.2 Å². The number of hydrogen-bond acceptors (Lipinski definition) is 12. The number of aromatic nitrogens is 4. The summed E-state index contributed by atoms with van der Waals surface area (Å²) in [6.07, 6.45) is 5.10. The zero-order chi connectivity index (χ0) is 47.6. The van der Waals surface area contributed by atoms with Crippen molar-refractivity contribution in [2.75, 3.05) is 25.0 Å². The topological polar surface area (TPSA) is 201 Å². The third-order valence-electron chi connectivity index (χ3n) is 11.8. The number of halogens is 1. The molecule has 1 unspecified atom stereocenters. The lowest BCUT2D eigenvalue weighted by Crippen LogP contribution is -2.48. The average Bonchev–Trinajstić information content (AvgIpc) is 4.15. The summed E-state index contributed by atoms with van der Waals surface area (Å²) in [5, 5.41) is 38.3. The number of unbranched alkanes of at least 4 members (excludes halogenated alkanes) is 2. The predicted molar refractivity (Wildman–Crippen MR) is 258 cm³/mol. The number of carbonyl (C=O) groups excluding carboxylic acids is 3. The van der Waals surface area contributed by atoms with Crippen molar-refractivity contribution in [3.63, 3.8) is 0 Å². The van der Waals surface area contributed by atoms with E-state index in [1.807, 2.05) is 88.8 Å². The van der Waals surface area contributed by atoms with Crippen LogP contribution < -0.4 is 20.7 Å². The Balaban J connectivity index is 0.830. The number of ether oxygens (including phenoxy) is 1. The van der Waals surface area contributed by atoms with Gasteiger partial charge in [0.25, 0.3) is 5.91 Å². The molecule has 4 N–H and O–H groups in total. The molecule has 0 saturated carbocycles. The van der Waals surface area contributed by atoms with Crippen LogP contribution in [0, 0.1) is 24.2 Å². The lowest BCUT2D eigenvalue weighted by molar-refractivity contribution is -0.141. The molecule has 3 aromatic heterocycles. The van der Waals surface area contributed by atoms with E-state index in [2.05, 4.69) is 37.3 Å². The summed E-state index contributed by atoms with van der Waals surface area (Å²) < 4.78 is 13.5. The molecule has 0 radical (unpaired) electrons. The van der Waals surface area contributed by atoms with Gasteiger partial charge < -0.3 is 35.2 Å². The quantitative estimate of drug-likeness (QED) is 0.0535. The van der Waals surface area contributed by atoms with Crippen LogP contribution in [-0.2, 0) is 16.1 Å². The summed E-state index contributed by atoms with van der Waals surface area (Å²) in [6, 6.07) is 23.1. The van der Waals surface area contributed by atoms with Crippen LogP contribution in [-0.4, -0.2) is 85.5 Å². The van der Waals surface area contributed by atoms with Crippen LogP contribution in [0.25, 0.3) is 21.7 Å². The molecule has 1 saturated heterocycles. The van der Waals surface area contributed by atoms with Crippen molar-refractivity contribution in [2.24, 2.45) is 5.92 Å². The van der Waals surface area contributed by atoms with Gasteiger partial charge in [0, 0.05) is 48.6 Å². The first-order chi connectivity index (χ1) is 32.3. The van der Waals surface area contributed by atoms with Gasteiger partial charge in [0.05, 0.1) is 57.7 Å². The second-order valence-corrected chi connectivity index (χ2v) is 18.6. The van der Waals surface area contributed by atoms with Crippen LogP contribution in [0.1, 0.15) is 98.3 Å². The minimum Gasteiger partial charge on any atom is -0.488 e. The average molecular weight is 947 g/mol. The highest BCUT2D eigenvalue weighted by atomic mass is 35.5. The summed E-state index contributed by atoms with van der Waals surface area (Å²) in [4.78, 5) is 47.9. The third-order valence-corrected chi connectivity index (χ3v) is 13.1. The highest BCUT2D eigenvalue weighted by Gasteiger charge is 2.44. The molecular formula is C50H56ClN9O6S. The van der Waals surface area contributed by atoms with Crippen molar-refractivity contribution in [1.29, 1.82) is 5.26 Å². The fourth-order valence-corrected chi connectivity index (χ4v) is 9.25. The number of nitrogens with one attached hydrogen (secondary N) is 3. The number of benzene rings is 3. The fourth-order valence-electron chi connectivity index (χ4n) is 8.21. The number of β-amino-alcohol motifs (C(OH)–C–C–N with tert-alkyl or cyclic N) is 1. The minimum absolute atomic E-state index is 0.0318. The standard InChI is InChI=1S/C50H56ClN9O6S/c1-30(2)45(50(64)60-28-40(61)24-43(60)49(63)57-32(4)34-9-11-35(12-10-34)47-33(5)54-29-67-47)46-44(26-55-66-46)65-22-8-6-7-20-53-39-17-15-36(16-18-39)48(62)56-31(3)27-59-21-19-42(58-59)37-13-14-38(25-52)41(51)23-37/h9-19,21,23,26,29-32,40,43,45,53,61H,6-8,20,22,24,27-28H2,1-5H3,(H,56,62)(H,57,63)/t31-,32-,40+,43?,45+/m0/s1. The Kier molecular flexibility index (Phi) is 16.1. The zero-order valence-corrected chi connectivity index (χ0v) is 39.8. The number of rotatable bonds is 20. The first-order valence-electron chi connectivity index (χ1n) is 22.5. The molecule has 3 amide bonds. The van der Waals surface area contributed by atoms with Gasteiger partial charge in [-0.25, -0.2) is 4.98 Å². The molecule has 1 aliphatic rings. The number of aryl methyl sites for hydroxylation is 1. The van der Waals surface area contributed by atoms with E-state index in [1.54, 1.807) is 46.4 Å². The van der Waals surface area contributed by atoms with Crippen molar-refractivity contribution < 1.29 is 28.8 Å². The fraction of sp³-hybridized carbons (Fsp3) is 0.380. The van der Waals surface area contributed by atoms with E-state index in [-0.39, 0.29) is 48.7 Å². The van der Waals surface area contributed by atoms with Gasteiger partial charge in [0.1, 0.15) is 24.2 Å². The van der Waals surface area contributed by atoms with E-state index in [0.29, 0.717) is 40.8 Å². The van der Waals surface area contributed by atoms with E-state index in [4.69, 9.17) is 26.1 Å². The number of carbonyl (C=O) groups is 3. The summed E-state index contributed by atoms with van der Waals surface area (Å²) in [6.45, 7) is 11.2. The van der Waals surface area contributed by atoms with Crippen molar-refractivity contribution >= 4 is 46.3 Å². The molecule has 0 bridgehead atoms. The Morgan fingerprint density at radius 1 is 1.00 bits per heavy atom. The molecule has 67 heavy (non-hydrogen) atoms. The number of amides is 3. The lowest BCUT2D eigenvalue weighted by atomic mass is 9.91. The van der Waals surface area contributed by atoms with Gasteiger partial charge in [-0.3, -0.25) is 19.1 Å². The van der Waals surface area contributed by atoms with Crippen LogP contribution in [0.2, 0.25) is 5.02 Å². The number of likely N-dealkylation sites (tertiary alicyclic amines) is 1. The van der Waals surface area contributed by atoms with Gasteiger partial charge in [-0.05, 0) is 99.5 Å². The van der Waals surface area contributed by atoms with Crippen LogP contribution in [0.5, 0.6) is 5.75 Å². The van der Waals surface area contributed by atoms with Crippen molar-refractivity contribution in [3.05, 3.63) is 124 Å². The van der Waals surface area contributed by atoms with E-state index < -0.39 is 18.1 Å². The summed E-state index contributed by atoms with van der Waals surface area (Å²) in [5.41, 5.74) is 8.16. The second-order valence-electron chi connectivity index (χ2n) is 17.3. The van der Waals surface area contributed by atoms with Gasteiger partial charge in [0.15, 0.2) is 11.5 Å². The Morgan fingerprint density at radius 3 is 2.46 bits per heavy atom. The lowest BCUT2D eigenvalue weighted by Gasteiger charge is -2.29. The van der Waals surface area contributed by atoms with Gasteiger partial charge in [0.2, 0.25) is 11.8 Å². The SMILES string of the molecule is Cc1ncsc1-c1ccc([C@H](C)NC(=O)C2C[C@@H](O)CN2C(=O)[C@@H](c2oncc2OCCCCCNc2ccc(C(=O)N[C@@H](C)Cn3ccc(-c4ccc(C#N)c(Cl)c4)n3)cc2)C(C)C)cc1. The van der Waals surface area contributed by atoms with Gasteiger partial charge >= 0.3 is 0 Å². The molecular weight excluding hydrogens is 890 g/mol. The van der Waals surface area contributed by atoms with E-state index >= 15 is 0 Å². The second kappa shape index (κ2) is 22.3. The molecule has 7 rings (SSSR count). The molecule has 5 atom stereocenters. The number of nitrogens with zero attached hydrogens (tertiary/aromatic N) is 6. The van der Waals surface area contributed by atoms with Crippen LogP contribution in [0.4, 0.5) is 5.69 Å². The largest absolute Gasteiger partial charge is 0.488 e. The molecule has 3 aromatic carbocycles. The Hall–Kier alpha value is -6.54. The molecule has 6 aromatic rings. The molecule has 0 spiro atoms. The first-order valence-corrected chi connectivity index (χ1v) is 23.8. The van der Waals surface area contributed by atoms with Gasteiger partial charge in [-0.1, -0.05) is 60.9 Å². The van der Waals surface area contributed by atoms with Crippen LogP contribution in [0.3, 0.4) is 0 Å². The molecule has 1 aliphatic heterocycles. The molecule has 0 aliphatic carbocycles. The van der Waals surface area contributed by atoms with E-state index in [1.165, 1.54) is 11.1 Å². The Labute approximate surface area is 399 Å². The maximum Gasteiger partial charge on any atom is 0.251 e. The smallest absolute Gasteiger partial charge is 0.251 e. The highest BCUT2D eigenvalue weighted by molar-refractivity contribution is 7.13. The Bertz CT molecular complexity index is 2670. The minimum atomic E-state index is -0.851. The number of anilines is 1. The number of hydrogen-bond donors (Lipinski definition) is 4. The van der Waals surface area contributed by atoms with E-state index in [9.17, 15) is 19.5 Å². The molecule has 1 fully saturated rings. The number of aliphatic hydroxyl groups excluding tert-OH is 1. The molecule has 17 heteroatoms. The van der Waals surface area contributed by atoms with Gasteiger partial charge in [-0.15, -0.1) is 11.3 Å². The molecule has 15 nitrogen and oxygen atoms in total. The first kappa shape index (κ1) is 48.4. The monoisotopic (exact) mass is 945 g/mol.